The Balaban J connectivity index is 0. The van der Waals surface area contributed by atoms with Crippen LogP contribution in [0.3, 0.4) is 0 Å². The van der Waals surface area contributed by atoms with Gasteiger partial charge in [0.2, 0.25) is 0 Å². The number of hydrogen-bond donors (Lipinski definition) is 1. The van der Waals surface area contributed by atoms with E-state index in [0.717, 1.165) is 5.84 Å². The number of aliphatic imine (C=N–C) groups is 1. The SMILES string of the molecule is Br.CN=C(C)NC. The molecule has 44 valence electrons. The second kappa shape index (κ2) is 5.95. The van der Waals surface area contributed by atoms with Gasteiger partial charge in [0.05, 0.1) is 5.84 Å². The fourth-order valence-corrected chi connectivity index (χ4v) is 0.112. The summed E-state index contributed by atoms with van der Waals surface area (Å²) in [6.45, 7) is 1.92. The summed E-state index contributed by atoms with van der Waals surface area (Å²) in [5.41, 5.74) is 0. The van der Waals surface area contributed by atoms with Crippen molar-refractivity contribution in [1.82, 2.24) is 5.32 Å². The van der Waals surface area contributed by atoms with Crippen molar-refractivity contribution in [3.05, 3.63) is 0 Å². The van der Waals surface area contributed by atoms with Crippen LogP contribution in [-0.2, 0) is 0 Å². The zero-order valence-electron chi connectivity index (χ0n) is 4.86. The standard InChI is InChI=1S/C4H10N2.BrH/c1-4(5-2)6-3;/h1-3H3,(H,5,6);1H. The molecular weight excluding hydrogens is 156 g/mol. The van der Waals surface area contributed by atoms with Crippen molar-refractivity contribution in [1.29, 1.82) is 0 Å². The summed E-state index contributed by atoms with van der Waals surface area (Å²) in [4.78, 5) is 3.81. The molecule has 0 spiro atoms. The lowest BCUT2D eigenvalue weighted by Gasteiger charge is -1.90. The van der Waals surface area contributed by atoms with Crippen LogP contribution in [0, 0.1) is 0 Å². The number of hydrogen-bond acceptors (Lipinski definition) is 1. The van der Waals surface area contributed by atoms with Crippen molar-refractivity contribution in [2.75, 3.05) is 14.1 Å². The highest BCUT2D eigenvalue weighted by atomic mass is 79.9. The molecule has 0 aliphatic carbocycles. The number of nitrogens with one attached hydrogen (secondary N) is 1. The van der Waals surface area contributed by atoms with Gasteiger partial charge in [0.25, 0.3) is 0 Å². The predicted octanol–water partition coefficient (Wildman–Crippen LogP) is 0.832. The number of amidine groups is 1. The molecule has 0 amide bonds. The molecule has 0 aromatic carbocycles. The fourth-order valence-electron chi connectivity index (χ4n) is 0.112. The molecule has 0 aliphatic rings. The Morgan fingerprint density at radius 2 is 2.00 bits per heavy atom. The average Bonchev–Trinajstić information content (AvgIpc) is 1.65. The van der Waals surface area contributed by atoms with Gasteiger partial charge in [-0.2, -0.15) is 0 Å². The summed E-state index contributed by atoms with van der Waals surface area (Å²) in [6.07, 6.45) is 0. The van der Waals surface area contributed by atoms with Crippen molar-refractivity contribution < 1.29 is 0 Å². The Bertz CT molecular complexity index is 60.7. The van der Waals surface area contributed by atoms with E-state index in [0.29, 0.717) is 0 Å². The van der Waals surface area contributed by atoms with Crippen molar-refractivity contribution in [2.24, 2.45) is 4.99 Å². The normalized spacial score (nSPS) is 9.86. The zero-order chi connectivity index (χ0) is 4.99. The minimum absolute atomic E-state index is 0. The van der Waals surface area contributed by atoms with Crippen LogP contribution >= 0.6 is 17.0 Å². The lowest BCUT2D eigenvalue weighted by atomic mass is 10.7. The van der Waals surface area contributed by atoms with E-state index in [1.165, 1.54) is 0 Å². The first-order valence-electron chi connectivity index (χ1n) is 1.92. The van der Waals surface area contributed by atoms with E-state index >= 15 is 0 Å². The summed E-state index contributed by atoms with van der Waals surface area (Å²) in [5.74, 6) is 0.968. The number of halogens is 1. The van der Waals surface area contributed by atoms with E-state index in [1.54, 1.807) is 7.05 Å². The smallest absolute Gasteiger partial charge is 0.0925 e. The minimum atomic E-state index is 0. The Kier molecular flexibility index (Phi) is 8.54. The molecule has 2 nitrogen and oxygen atoms in total. The topological polar surface area (TPSA) is 24.4 Å². The maximum Gasteiger partial charge on any atom is 0.0925 e. The zero-order valence-corrected chi connectivity index (χ0v) is 6.57. The van der Waals surface area contributed by atoms with E-state index in [9.17, 15) is 0 Å². The van der Waals surface area contributed by atoms with Gasteiger partial charge in [0.1, 0.15) is 0 Å². The number of rotatable bonds is 0. The average molecular weight is 167 g/mol. The molecular formula is C4H11BrN2. The Labute approximate surface area is 54.8 Å². The van der Waals surface area contributed by atoms with Crippen LogP contribution in [-0.4, -0.2) is 19.9 Å². The van der Waals surface area contributed by atoms with Gasteiger partial charge in [-0.1, -0.05) is 0 Å². The summed E-state index contributed by atoms with van der Waals surface area (Å²) >= 11 is 0. The van der Waals surface area contributed by atoms with Crippen molar-refractivity contribution in [2.45, 2.75) is 6.92 Å². The van der Waals surface area contributed by atoms with Crippen LogP contribution in [0.25, 0.3) is 0 Å². The van der Waals surface area contributed by atoms with Gasteiger partial charge in [-0.3, -0.25) is 4.99 Å². The van der Waals surface area contributed by atoms with Gasteiger partial charge in [0, 0.05) is 14.1 Å². The molecule has 0 bridgehead atoms. The monoisotopic (exact) mass is 166 g/mol. The molecule has 1 N–H and O–H groups in total. The van der Waals surface area contributed by atoms with E-state index in [-0.39, 0.29) is 17.0 Å². The fraction of sp³-hybridized carbons (Fsp3) is 0.750. The molecule has 3 heteroatoms. The molecule has 0 saturated heterocycles. The summed E-state index contributed by atoms with van der Waals surface area (Å²) in [7, 11) is 3.61. The van der Waals surface area contributed by atoms with Crippen LogP contribution in [0.2, 0.25) is 0 Å². The highest BCUT2D eigenvalue weighted by molar-refractivity contribution is 8.93. The third-order valence-corrected chi connectivity index (χ3v) is 0.697. The van der Waals surface area contributed by atoms with Gasteiger partial charge in [-0.05, 0) is 6.92 Å². The highest BCUT2D eigenvalue weighted by Crippen LogP contribution is 1.59. The molecule has 0 radical (unpaired) electrons. The molecule has 0 aromatic heterocycles. The molecule has 0 fully saturated rings. The molecule has 0 aliphatic heterocycles. The first-order chi connectivity index (χ1) is 2.81. The molecule has 0 rings (SSSR count). The van der Waals surface area contributed by atoms with E-state index < -0.39 is 0 Å². The first kappa shape index (κ1) is 10.0. The minimum Gasteiger partial charge on any atom is -0.377 e. The van der Waals surface area contributed by atoms with Gasteiger partial charge in [0.15, 0.2) is 0 Å². The highest BCUT2D eigenvalue weighted by Gasteiger charge is 1.71. The van der Waals surface area contributed by atoms with Crippen molar-refractivity contribution in [3.63, 3.8) is 0 Å². The van der Waals surface area contributed by atoms with E-state index in [4.69, 9.17) is 0 Å². The molecule has 0 saturated carbocycles. The van der Waals surface area contributed by atoms with Crippen LogP contribution in [0.4, 0.5) is 0 Å². The van der Waals surface area contributed by atoms with Gasteiger partial charge in [-0.25, -0.2) is 0 Å². The lowest BCUT2D eigenvalue weighted by Crippen LogP contribution is -2.12. The third-order valence-electron chi connectivity index (χ3n) is 0.697. The van der Waals surface area contributed by atoms with Crippen molar-refractivity contribution >= 4 is 22.8 Å². The molecule has 0 atom stereocenters. The van der Waals surface area contributed by atoms with Crippen LogP contribution in [0.5, 0.6) is 0 Å². The number of nitrogens with zero attached hydrogens (tertiary/aromatic N) is 1. The van der Waals surface area contributed by atoms with E-state index in [1.807, 2.05) is 14.0 Å². The van der Waals surface area contributed by atoms with E-state index in [2.05, 4.69) is 10.3 Å². The predicted molar refractivity (Wildman–Crippen MR) is 38.4 cm³/mol. The Morgan fingerprint density at radius 1 is 1.57 bits per heavy atom. The van der Waals surface area contributed by atoms with Crippen LogP contribution < -0.4 is 5.32 Å². The quantitative estimate of drug-likeness (QED) is 0.419. The third kappa shape index (κ3) is 5.95. The maximum absolute atomic E-state index is 3.81. The Hall–Kier alpha value is -0.0500. The Morgan fingerprint density at radius 3 is 2.00 bits per heavy atom. The van der Waals surface area contributed by atoms with Crippen molar-refractivity contribution in [3.8, 4) is 0 Å². The van der Waals surface area contributed by atoms with Crippen LogP contribution in [0.1, 0.15) is 6.92 Å². The van der Waals surface area contributed by atoms with Gasteiger partial charge < -0.3 is 5.32 Å². The van der Waals surface area contributed by atoms with Crippen LogP contribution in [0.15, 0.2) is 4.99 Å². The van der Waals surface area contributed by atoms with Gasteiger partial charge in [-0.15, -0.1) is 17.0 Å². The summed E-state index contributed by atoms with van der Waals surface area (Å²) in [6, 6.07) is 0. The summed E-state index contributed by atoms with van der Waals surface area (Å²) in [5, 5.41) is 2.86. The lowest BCUT2D eigenvalue weighted by molar-refractivity contribution is 1.14. The van der Waals surface area contributed by atoms with Gasteiger partial charge >= 0.3 is 0 Å². The largest absolute Gasteiger partial charge is 0.377 e. The second-order valence-corrected chi connectivity index (χ2v) is 1.06. The molecule has 0 heterocycles. The first-order valence-corrected chi connectivity index (χ1v) is 1.92. The maximum atomic E-state index is 3.81. The molecule has 7 heavy (non-hydrogen) atoms. The molecule has 0 unspecified atom stereocenters. The second-order valence-electron chi connectivity index (χ2n) is 1.06. The molecule has 0 aromatic rings. The summed E-state index contributed by atoms with van der Waals surface area (Å²) < 4.78 is 0.